The smallest absolute Gasteiger partial charge is 0.337 e. The maximum Gasteiger partial charge on any atom is 0.337 e. The van der Waals surface area contributed by atoms with Crippen LogP contribution in [0.3, 0.4) is 0 Å². The van der Waals surface area contributed by atoms with Gasteiger partial charge in [0.05, 0.1) is 6.26 Å². The van der Waals surface area contributed by atoms with Crippen molar-refractivity contribution in [3.8, 4) is 0 Å². The molecule has 2 aromatic rings. The largest absolute Gasteiger partial charge is 0.460 e. The Labute approximate surface area is 200 Å². The summed E-state index contributed by atoms with van der Waals surface area (Å²) in [5, 5.41) is 0. The quantitative estimate of drug-likeness (QED) is 0.289. The normalized spacial score (nSPS) is 21.9. The van der Waals surface area contributed by atoms with E-state index in [1.54, 1.807) is 60.7 Å². The molecule has 8 nitrogen and oxygen atoms in total. The van der Waals surface area contributed by atoms with Crippen molar-refractivity contribution in [2.45, 2.75) is 24.4 Å². The van der Waals surface area contributed by atoms with Gasteiger partial charge in [0, 0.05) is 12.2 Å². The first kappa shape index (κ1) is 26.2. The predicted molar refractivity (Wildman–Crippen MR) is 121 cm³/mol. The molecule has 11 heteroatoms. The number of hydrogen-bond acceptors (Lipinski definition) is 8. The molecule has 35 heavy (non-hydrogen) atoms. The maximum atomic E-state index is 14.9. The van der Waals surface area contributed by atoms with Gasteiger partial charge in [-0.3, -0.25) is 0 Å². The van der Waals surface area contributed by atoms with E-state index >= 15 is 0 Å². The molecule has 0 aromatic heterocycles. The van der Waals surface area contributed by atoms with Gasteiger partial charge in [0.25, 0.3) is 10.1 Å². The fourth-order valence-electron chi connectivity index (χ4n) is 3.06. The molecule has 1 heterocycles. The Kier molecular flexibility index (Phi) is 8.49. The van der Waals surface area contributed by atoms with Gasteiger partial charge in [0.15, 0.2) is 0 Å². The number of ether oxygens (including phenoxy) is 3. The van der Waals surface area contributed by atoms with Crippen LogP contribution in [0.15, 0.2) is 72.8 Å². The number of benzene rings is 2. The summed E-state index contributed by atoms with van der Waals surface area (Å²) in [7, 11) is -4.35. The van der Waals surface area contributed by atoms with Crippen LogP contribution >= 0.6 is 0 Å². The number of esters is 2. The first-order valence-corrected chi connectivity index (χ1v) is 12.1. The molecule has 0 aliphatic carbocycles. The third kappa shape index (κ3) is 7.81. The molecular weight excluding hydrogens is 486 g/mol. The van der Waals surface area contributed by atoms with E-state index in [0.717, 1.165) is 12.2 Å². The molecule has 0 radical (unpaired) electrons. The van der Waals surface area contributed by atoms with Gasteiger partial charge in [-0.05, 0) is 23.3 Å². The topological polar surface area (TPSA) is 105 Å². The number of carbonyl (C=O) groups is 2. The Morgan fingerprint density at radius 3 is 1.97 bits per heavy atom. The van der Waals surface area contributed by atoms with Crippen molar-refractivity contribution in [1.82, 2.24) is 0 Å². The molecule has 0 unspecified atom stereocenters. The van der Waals surface area contributed by atoms with Crippen molar-refractivity contribution in [3.63, 3.8) is 0 Å². The third-order valence-corrected chi connectivity index (χ3v) is 5.17. The highest BCUT2D eigenvalue weighted by molar-refractivity contribution is 7.86. The first-order valence-electron chi connectivity index (χ1n) is 10.3. The predicted octanol–water partition coefficient (Wildman–Crippen LogP) is 3.20. The summed E-state index contributed by atoms with van der Waals surface area (Å²) in [5.41, 5.74) is 1.32. The van der Waals surface area contributed by atoms with Gasteiger partial charge in [-0.15, -0.1) is 0 Å². The molecule has 1 saturated heterocycles. The fraction of sp³-hybridized carbons (Fsp3) is 0.250. The number of halogens is 2. The van der Waals surface area contributed by atoms with Crippen molar-refractivity contribution in [3.05, 3.63) is 83.9 Å². The van der Waals surface area contributed by atoms with Crippen molar-refractivity contribution in [2.24, 2.45) is 0 Å². The van der Waals surface area contributed by atoms with Gasteiger partial charge in [-0.1, -0.05) is 60.7 Å². The van der Waals surface area contributed by atoms with Crippen LogP contribution in [0.1, 0.15) is 11.1 Å². The zero-order valence-corrected chi connectivity index (χ0v) is 19.3. The molecule has 0 amide bonds. The summed E-state index contributed by atoms with van der Waals surface area (Å²) in [5.74, 6) is -6.07. The maximum absolute atomic E-state index is 14.9. The van der Waals surface area contributed by atoms with Gasteiger partial charge in [-0.25, -0.2) is 13.8 Å². The van der Waals surface area contributed by atoms with Crippen LogP contribution in [-0.4, -0.2) is 57.6 Å². The van der Waals surface area contributed by atoms with Gasteiger partial charge in [-0.2, -0.15) is 17.2 Å². The highest BCUT2D eigenvalue weighted by atomic mass is 32.2. The van der Waals surface area contributed by atoms with Crippen molar-refractivity contribution >= 4 is 34.2 Å². The lowest BCUT2D eigenvalue weighted by Gasteiger charge is -2.22. The number of carbonyl (C=O) groups excluding carboxylic acids is 2. The third-order valence-electron chi connectivity index (χ3n) is 4.65. The Morgan fingerprint density at radius 2 is 1.46 bits per heavy atom. The molecule has 3 atom stereocenters. The molecule has 2 aromatic carbocycles. The second-order valence-corrected chi connectivity index (χ2v) is 9.06. The van der Waals surface area contributed by atoms with Gasteiger partial charge in [0.2, 0.25) is 12.4 Å². The molecule has 1 aliphatic rings. The minimum absolute atomic E-state index is 0.567. The van der Waals surface area contributed by atoms with E-state index in [1.807, 2.05) is 0 Å². The zero-order valence-electron chi connectivity index (χ0n) is 18.5. The lowest BCUT2D eigenvalue weighted by molar-refractivity contribution is -0.191. The van der Waals surface area contributed by atoms with Crippen molar-refractivity contribution in [2.75, 3.05) is 12.9 Å². The molecule has 0 N–H and O–H groups in total. The van der Waals surface area contributed by atoms with Gasteiger partial charge in [0.1, 0.15) is 12.7 Å². The monoisotopic (exact) mass is 508 g/mol. The summed E-state index contributed by atoms with van der Waals surface area (Å²) < 4.78 is 71.8. The Bertz CT molecular complexity index is 1180. The number of alkyl halides is 2. The van der Waals surface area contributed by atoms with Crippen LogP contribution in [0.4, 0.5) is 8.78 Å². The highest BCUT2D eigenvalue weighted by Gasteiger charge is 2.63. The molecular formula is C24H22F2O8S. The molecule has 186 valence electrons. The summed E-state index contributed by atoms with van der Waals surface area (Å²) in [6.07, 6.45) is -1.17. The van der Waals surface area contributed by atoms with Gasteiger partial charge >= 0.3 is 17.9 Å². The van der Waals surface area contributed by atoms with E-state index in [9.17, 15) is 26.8 Å². The van der Waals surface area contributed by atoms with Crippen molar-refractivity contribution in [1.29, 1.82) is 0 Å². The van der Waals surface area contributed by atoms with E-state index in [4.69, 9.17) is 14.2 Å². The van der Waals surface area contributed by atoms with Crippen LogP contribution in [0.5, 0.6) is 0 Å². The van der Waals surface area contributed by atoms with E-state index in [0.29, 0.717) is 17.4 Å². The van der Waals surface area contributed by atoms with E-state index in [2.05, 4.69) is 4.18 Å². The average molecular weight is 508 g/mol. The molecule has 3 rings (SSSR count). The molecule has 1 fully saturated rings. The first-order chi connectivity index (χ1) is 16.5. The van der Waals surface area contributed by atoms with E-state index < -0.39 is 53.1 Å². The lowest BCUT2D eigenvalue weighted by Crippen LogP contribution is -2.45. The van der Waals surface area contributed by atoms with E-state index in [-0.39, 0.29) is 0 Å². The van der Waals surface area contributed by atoms with Crippen molar-refractivity contribution < 1.29 is 45.2 Å². The molecule has 1 aliphatic heterocycles. The van der Waals surface area contributed by atoms with Crippen LogP contribution in [-0.2, 0) is 38.1 Å². The molecule has 0 bridgehead atoms. The zero-order chi connectivity index (χ0) is 25.5. The average Bonchev–Trinajstić information content (AvgIpc) is 3.04. The summed E-state index contributed by atoms with van der Waals surface area (Å²) >= 11 is 0. The Hall–Kier alpha value is -3.41. The Balaban J connectivity index is 1.70. The minimum atomic E-state index is -4.35. The van der Waals surface area contributed by atoms with Crippen LogP contribution in [0, 0.1) is 0 Å². The van der Waals surface area contributed by atoms with Gasteiger partial charge < -0.3 is 14.2 Å². The number of rotatable bonds is 9. The van der Waals surface area contributed by atoms with E-state index in [1.165, 1.54) is 12.2 Å². The summed E-state index contributed by atoms with van der Waals surface area (Å²) in [6, 6.07) is 17.3. The second kappa shape index (κ2) is 11.3. The van der Waals surface area contributed by atoms with Crippen LogP contribution < -0.4 is 0 Å². The summed E-state index contributed by atoms with van der Waals surface area (Å²) in [4.78, 5) is 24.3. The molecule has 0 saturated carbocycles. The number of hydrogen-bond donors (Lipinski definition) is 0. The Morgan fingerprint density at radius 1 is 0.943 bits per heavy atom. The standard InChI is InChI=1S/C24H22F2O8S/c1-35(29,30)34-23-24(25,26)22(33-21(28)15-13-18-10-6-3-7-11-18)19(32-23)16-31-20(27)14-12-17-8-4-2-5-9-17/h2-15,19,22-23H,16H2,1H3/t19-,22-,23-/m1/s1. The fourth-order valence-corrected chi connectivity index (χ4v) is 3.55. The second-order valence-electron chi connectivity index (χ2n) is 7.46. The molecule has 0 spiro atoms. The minimum Gasteiger partial charge on any atom is -0.460 e. The summed E-state index contributed by atoms with van der Waals surface area (Å²) in [6.45, 7) is -0.752. The van der Waals surface area contributed by atoms with Crippen LogP contribution in [0.2, 0.25) is 0 Å². The highest BCUT2D eigenvalue weighted by Crippen LogP contribution is 2.39. The van der Waals surface area contributed by atoms with Crippen LogP contribution in [0.25, 0.3) is 12.2 Å². The lowest BCUT2D eigenvalue weighted by atomic mass is 10.1. The SMILES string of the molecule is CS(=O)(=O)O[C@H]1O[C@H](COC(=O)C=Cc2ccccc2)[C@@H](OC(=O)C=Cc2ccccc2)C1(F)F.